The highest BCUT2D eigenvalue weighted by Crippen LogP contribution is 2.22. The van der Waals surface area contributed by atoms with Crippen molar-refractivity contribution in [2.24, 2.45) is 7.05 Å². The fourth-order valence-corrected chi connectivity index (χ4v) is 3.60. The Kier molecular flexibility index (Phi) is 6.24. The number of rotatable bonds is 3. The number of carbonyl (C=O) groups is 1. The molecule has 0 atom stereocenters. The van der Waals surface area contributed by atoms with Crippen LogP contribution in [0.4, 0.5) is 15.8 Å². The van der Waals surface area contributed by atoms with Gasteiger partial charge in [0, 0.05) is 55.7 Å². The molecule has 1 N–H and O–H groups in total. The van der Waals surface area contributed by atoms with Crippen LogP contribution in [0, 0.1) is 24.6 Å². The molecule has 2 aromatic carbocycles. The average Bonchev–Trinajstić information content (AvgIpc) is 3.18. The van der Waals surface area contributed by atoms with E-state index in [4.69, 9.17) is 0 Å². The molecule has 1 amide bonds. The number of hydrogen-bond acceptors (Lipinski definition) is 4. The van der Waals surface area contributed by atoms with Gasteiger partial charge in [0.2, 0.25) is 0 Å². The number of amides is 1. The third-order valence-electron chi connectivity index (χ3n) is 5.65. The second-order valence-corrected chi connectivity index (χ2v) is 8.11. The first kappa shape index (κ1) is 21.6. The standard InChI is InChI=1S/C25H26FN5O/c1-18-4-6-22(13-19(18)5-7-23-16-27-17-30(23)3)28-25(32)20-12-21(26)15-24(14-20)31-10-8-29(2)9-11-31/h4,6,12-17H,8-11H2,1-3H3,(H,28,32). The maximum atomic E-state index is 14.3. The van der Waals surface area contributed by atoms with Crippen molar-refractivity contribution in [1.29, 1.82) is 0 Å². The number of imidazole rings is 1. The lowest BCUT2D eigenvalue weighted by Crippen LogP contribution is -2.44. The van der Waals surface area contributed by atoms with Crippen LogP contribution in [0.5, 0.6) is 0 Å². The molecule has 0 saturated carbocycles. The quantitative estimate of drug-likeness (QED) is 0.647. The lowest BCUT2D eigenvalue weighted by Gasteiger charge is -2.34. The van der Waals surface area contributed by atoms with Crippen LogP contribution in [0.25, 0.3) is 0 Å². The molecule has 1 aromatic heterocycles. The zero-order valence-electron chi connectivity index (χ0n) is 18.5. The van der Waals surface area contributed by atoms with Crippen LogP contribution in [0.3, 0.4) is 0 Å². The van der Waals surface area contributed by atoms with Crippen molar-refractivity contribution in [2.45, 2.75) is 6.92 Å². The van der Waals surface area contributed by atoms with Crippen molar-refractivity contribution in [3.8, 4) is 11.8 Å². The minimum Gasteiger partial charge on any atom is -0.369 e. The Labute approximate surface area is 187 Å². The zero-order chi connectivity index (χ0) is 22.7. The number of nitrogens with zero attached hydrogens (tertiary/aromatic N) is 4. The summed E-state index contributed by atoms with van der Waals surface area (Å²) in [7, 11) is 3.95. The minimum absolute atomic E-state index is 0.294. The molecule has 2 heterocycles. The molecule has 0 radical (unpaired) electrons. The van der Waals surface area contributed by atoms with Gasteiger partial charge in [-0.15, -0.1) is 0 Å². The van der Waals surface area contributed by atoms with Crippen LogP contribution in [0.15, 0.2) is 48.9 Å². The van der Waals surface area contributed by atoms with Crippen LogP contribution in [0.2, 0.25) is 0 Å². The number of halogens is 1. The number of likely N-dealkylation sites (N-methyl/N-ethyl adjacent to an activating group) is 1. The van der Waals surface area contributed by atoms with Crippen molar-refractivity contribution >= 4 is 17.3 Å². The third-order valence-corrected chi connectivity index (χ3v) is 5.65. The number of anilines is 2. The molecule has 0 bridgehead atoms. The van der Waals surface area contributed by atoms with Crippen molar-refractivity contribution < 1.29 is 9.18 Å². The van der Waals surface area contributed by atoms with E-state index in [1.807, 2.05) is 36.7 Å². The molecule has 3 aromatic rings. The number of carbonyl (C=O) groups excluding carboxylic acids is 1. The second kappa shape index (κ2) is 9.25. The van der Waals surface area contributed by atoms with E-state index in [1.165, 1.54) is 12.1 Å². The molecule has 1 fully saturated rings. The molecule has 0 spiro atoms. The molecule has 7 heteroatoms. The van der Waals surface area contributed by atoms with Gasteiger partial charge >= 0.3 is 0 Å². The summed E-state index contributed by atoms with van der Waals surface area (Å²) in [6.07, 6.45) is 3.40. The van der Waals surface area contributed by atoms with E-state index >= 15 is 0 Å². The Hall–Kier alpha value is -3.63. The second-order valence-electron chi connectivity index (χ2n) is 8.11. The van der Waals surface area contributed by atoms with Gasteiger partial charge in [0.15, 0.2) is 0 Å². The van der Waals surface area contributed by atoms with Crippen LogP contribution < -0.4 is 10.2 Å². The third kappa shape index (κ3) is 4.98. The molecule has 6 nitrogen and oxygen atoms in total. The van der Waals surface area contributed by atoms with E-state index in [9.17, 15) is 9.18 Å². The van der Waals surface area contributed by atoms with Gasteiger partial charge in [0.25, 0.3) is 5.91 Å². The molecule has 1 saturated heterocycles. The highest BCUT2D eigenvalue weighted by atomic mass is 19.1. The fourth-order valence-electron chi connectivity index (χ4n) is 3.60. The van der Waals surface area contributed by atoms with E-state index in [-0.39, 0.29) is 5.91 Å². The van der Waals surface area contributed by atoms with Gasteiger partial charge in [0.05, 0.1) is 12.5 Å². The molecule has 32 heavy (non-hydrogen) atoms. The normalized spacial score (nSPS) is 14.1. The molecule has 4 rings (SSSR count). The van der Waals surface area contributed by atoms with Gasteiger partial charge in [0.1, 0.15) is 11.5 Å². The number of nitrogens with one attached hydrogen (secondary N) is 1. The average molecular weight is 432 g/mol. The maximum Gasteiger partial charge on any atom is 0.255 e. The summed E-state index contributed by atoms with van der Waals surface area (Å²) in [6.45, 7) is 5.39. The van der Waals surface area contributed by atoms with Gasteiger partial charge in [-0.3, -0.25) is 4.79 Å². The molecular weight excluding hydrogens is 405 g/mol. The van der Waals surface area contributed by atoms with E-state index < -0.39 is 5.82 Å². The summed E-state index contributed by atoms with van der Waals surface area (Å²) in [5.41, 5.74) is 4.24. The molecule has 1 aliphatic rings. The first-order valence-electron chi connectivity index (χ1n) is 10.5. The van der Waals surface area contributed by atoms with Crippen LogP contribution in [0.1, 0.15) is 27.2 Å². The number of aryl methyl sites for hydroxylation is 2. The van der Waals surface area contributed by atoms with Crippen LogP contribution in [-0.2, 0) is 7.05 Å². The monoisotopic (exact) mass is 431 g/mol. The van der Waals surface area contributed by atoms with Gasteiger partial charge in [-0.2, -0.15) is 0 Å². The Morgan fingerprint density at radius 2 is 1.84 bits per heavy atom. The molecule has 1 aliphatic heterocycles. The Bertz CT molecular complexity index is 1200. The summed E-state index contributed by atoms with van der Waals surface area (Å²) in [4.78, 5) is 21.3. The maximum absolute atomic E-state index is 14.3. The number of benzene rings is 2. The topological polar surface area (TPSA) is 53.4 Å². The van der Waals surface area contributed by atoms with Crippen molar-refractivity contribution in [3.63, 3.8) is 0 Å². The highest BCUT2D eigenvalue weighted by Gasteiger charge is 2.17. The zero-order valence-corrected chi connectivity index (χ0v) is 18.5. The molecule has 164 valence electrons. The lowest BCUT2D eigenvalue weighted by atomic mass is 10.1. The van der Waals surface area contributed by atoms with E-state index in [0.29, 0.717) is 11.3 Å². The van der Waals surface area contributed by atoms with Crippen LogP contribution >= 0.6 is 0 Å². The summed E-state index contributed by atoms with van der Waals surface area (Å²) in [6, 6.07) is 10.1. The van der Waals surface area contributed by atoms with Gasteiger partial charge in [-0.1, -0.05) is 12.0 Å². The van der Waals surface area contributed by atoms with Gasteiger partial charge in [-0.05, 0) is 55.8 Å². The first-order valence-corrected chi connectivity index (χ1v) is 10.5. The predicted molar refractivity (Wildman–Crippen MR) is 124 cm³/mol. The van der Waals surface area contributed by atoms with Crippen molar-refractivity contribution in [3.05, 3.63) is 77.1 Å². The summed E-state index contributed by atoms with van der Waals surface area (Å²) in [5, 5.41) is 2.88. The number of hydrogen-bond donors (Lipinski definition) is 1. The lowest BCUT2D eigenvalue weighted by molar-refractivity contribution is 0.102. The highest BCUT2D eigenvalue weighted by molar-refractivity contribution is 6.05. The smallest absolute Gasteiger partial charge is 0.255 e. The number of aromatic nitrogens is 2. The summed E-state index contributed by atoms with van der Waals surface area (Å²) >= 11 is 0. The molecule has 0 unspecified atom stereocenters. The predicted octanol–water partition coefficient (Wildman–Crippen LogP) is 3.27. The van der Waals surface area contributed by atoms with Crippen molar-refractivity contribution in [1.82, 2.24) is 14.5 Å². The summed E-state index contributed by atoms with van der Waals surface area (Å²) in [5.74, 6) is 5.47. The van der Waals surface area contributed by atoms with Gasteiger partial charge < -0.3 is 19.7 Å². The largest absolute Gasteiger partial charge is 0.369 e. The Morgan fingerprint density at radius 3 is 2.56 bits per heavy atom. The number of piperazine rings is 1. The Morgan fingerprint density at radius 1 is 1.06 bits per heavy atom. The minimum atomic E-state index is -0.418. The van der Waals surface area contributed by atoms with E-state index in [1.54, 1.807) is 18.6 Å². The first-order chi connectivity index (χ1) is 15.4. The molecule has 0 aliphatic carbocycles. The Balaban J connectivity index is 1.53. The summed E-state index contributed by atoms with van der Waals surface area (Å²) < 4.78 is 16.1. The van der Waals surface area contributed by atoms with E-state index in [0.717, 1.165) is 48.7 Å². The van der Waals surface area contributed by atoms with Crippen LogP contribution in [-0.4, -0.2) is 53.6 Å². The van der Waals surface area contributed by atoms with Gasteiger partial charge in [-0.25, -0.2) is 9.37 Å². The molecular formula is C25H26FN5O. The van der Waals surface area contributed by atoms with Crippen molar-refractivity contribution in [2.75, 3.05) is 43.4 Å². The van der Waals surface area contributed by atoms with E-state index in [2.05, 4.69) is 39.0 Å². The SMILES string of the molecule is Cc1ccc(NC(=O)c2cc(F)cc(N3CCN(C)CC3)c2)cc1C#Cc1cncn1C. The fraction of sp³-hybridized carbons (Fsp3) is 0.280.